The highest BCUT2D eigenvalue weighted by atomic mass is 35.5. The number of benzene rings is 1. The number of aliphatic hydroxyl groups is 1. The molecule has 5 nitrogen and oxygen atoms in total. The van der Waals surface area contributed by atoms with Gasteiger partial charge in [0.1, 0.15) is 5.82 Å². The van der Waals surface area contributed by atoms with Gasteiger partial charge in [0.2, 0.25) is 0 Å². The SMILES string of the molecule is O[C@H]1CC[C@H](Nc2ccc(-c3ccn4c(CC5CC5)nnc4c3Cl)cc2Cl)CC1. The number of hydrogen-bond donors (Lipinski definition) is 2. The Morgan fingerprint density at radius 2 is 1.83 bits per heavy atom. The van der Waals surface area contributed by atoms with Crippen LogP contribution in [-0.2, 0) is 6.42 Å². The third-order valence-corrected chi connectivity index (χ3v) is 6.78. The van der Waals surface area contributed by atoms with Gasteiger partial charge in [0, 0.05) is 24.2 Å². The van der Waals surface area contributed by atoms with Crippen LogP contribution in [0.5, 0.6) is 0 Å². The Labute approximate surface area is 180 Å². The molecule has 7 heteroatoms. The van der Waals surface area contributed by atoms with Crippen molar-refractivity contribution in [3.63, 3.8) is 0 Å². The molecule has 0 radical (unpaired) electrons. The van der Waals surface area contributed by atoms with E-state index < -0.39 is 0 Å². The molecule has 152 valence electrons. The minimum absolute atomic E-state index is 0.162. The lowest BCUT2D eigenvalue weighted by Crippen LogP contribution is -2.28. The predicted molar refractivity (Wildman–Crippen MR) is 117 cm³/mol. The molecule has 2 N–H and O–H groups in total. The normalized spacial score (nSPS) is 22.2. The van der Waals surface area contributed by atoms with Crippen molar-refractivity contribution in [2.24, 2.45) is 5.92 Å². The molecule has 3 aromatic rings. The highest BCUT2D eigenvalue weighted by Gasteiger charge is 2.25. The minimum atomic E-state index is -0.162. The van der Waals surface area contributed by atoms with Gasteiger partial charge >= 0.3 is 0 Å². The molecular weight excluding hydrogens is 407 g/mol. The Bertz CT molecular complexity index is 1040. The van der Waals surface area contributed by atoms with Crippen molar-refractivity contribution in [3.8, 4) is 11.1 Å². The van der Waals surface area contributed by atoms with Crippen molar-refractivity contribution in [1.29, 1.82) is 0 Å². The summed E-state index contributed by atoms with van der Waals surface area (Å²) in [6, 6.07) is 8.34. The maximum Gasteiger partial charge on any atom is 0.180 e. The summed E-state index contributed by atoms with van der Waals surface area (Å²) in [5.41, 5.74) is 3.47. The van der Waals surface area contributed by atoms with Crippen LogP contribution in [0.25, 0.3) is 16.8 Å². The van der Waals surface area contributed by atoms with E-state index in [9.17, 15) is 5.11 Å². The van der Waals surface area contributed by atoms with Gasteiger partial charge in [-0.3, -0.25) is 4.40 Å². The summed E-state index contributed by atoms with van der Waals surface area (Å²) in [5, 5.41) is 23.1. The number of aliphatic hydroxyl groups excluding tert-OH is 1. The van der Waals surface area contributed by atoms with Gasteiger partial charge in [-0.25, -0.2) is 0 Å². The van der Waals surface area contributed by atoms with Crippen LogP contribution >= 0.6 is 23.2 Å². The van der Waals surface area contributed by atoms with E-state index in [1.807, 2.05) is 34.9 Å². The maximum atomic E-state index is 9.68. The van der Waals surface area contributed by atoms with Crippen LogP contribution in [0.3, 0.4) is 0 Å². The Morgan fingerprint density at radius 3 is 2.55 bits per heavy atom. The lowest BCUT2D eigenvalue weighted by Gasteiger charge is -2.27. The molecule has 0 aliphatic heterocycles. The molecule has 2 saturated carbocycles. The zero-order valence-electron chi connectivity index (χ0n) is 16.1. The first kappa shape index (κ1) is 19.2. The fourth-order valence-corrected chi connectivity index (χ4v) is 4.69. The molecule has 2 aliphatic carbocycles. The summed E-state index contributed by atoms with van der Waals surface area (Å²) in [6.45, 7) is 0. The molecular formula is C22H24Cl2N4O. The first-order valence-electron chi connectivity index (χ1n) is 10.3. The number of pyridine rings is 1. The second-order valence-corrected chi connectivity index (χ2v) is 9.13. The van der Waals surface area contributed by atoms with Gasteiger partial charge < -0.3 is 10.4 Å². The summed E-state index contributed by atoms with van der Waals surface area (Å²) in [4.78, 5) is 0. The molecule has 0 atom stereocenters. The monoisotopic (exact) mass is 430 g/mol. The second-order valence-electron chi connectivity index (χ2n) is 8.35. The molecule has 5 rings (SSSR count). The lowest BCUT2D eigenvalue weighted by atomic mass is 9.93. The van der Waals surface area contributed by atoms with E-state index in [-0.39, 0.29) is 6.10 Å². The van der Waals surface area contributed by atoms with E-state index >= 15 is 0 Å². The van der Waals surface area contributed by atoms with Gasteiger partial charge in [-0.05, 0) is 68.2 Å². The van der Waals surface area contributed by atoms with E-state index in [2.05, 4.69) is 15.5 Å². The Kier molecular flexibility index (Phi) is 5.14. The molecule has 1 aromatic carbocycles. The number of rotatable bonds is 5. The topological polar surface area (TPSA) is 62.5 Å². The average molecular weight is 431 g/mol. The van der Waals surface area contributed by atoms with Gasteiger partial charge in [-0.1, -0.05) is 29.3 Å². The summed E-state index contributed by atoms with van der Waals surface area (Å²) in [7, 11) is 0. The van der Waals surface area contributed by atoms with E-state index in [0.29, 0.717) is 21.7 Å². The number of halogens is 2. The number of nitrogens with zero attached hydrogens (tertiary/aromatic N) is 3. The van der Waals surface area contributed by atoms with E-state index in [4.69, 9.17) is 23.2 Å². The van der Waals surface area contributed by atoms with Gasteiger partial charge in [0.25, 0.3) is 0 Å². The number of hydrogen-bond acceptors (Lipinski definition) is 4. The van der Waals surface area contributed by atoms with Crippen molar-refractivity contribution in [2.75, 3.05) is 5.32 Å². The standard InChI is InChI=1S/C22H24Cl2N4O/c23-18-12-14(3-8-19(18)25-15-4-6-16(29)7-5-15)17-9-10-28-20(11-13-1-2-13)26-27-22(28)21(17)24/h3,8-10,12-13,15-16,25,29H,1-2,4-7,11H2/t15-,16-. The molecule has 0 saturated heterocycles. The minimum Gasteiger partial charge on any atom is -0.393 e. The number of fused-ring (bicyclic) bond motifs is 1. The largest absolute Gasteiger partial charge is 0.393 e. The first-order valence-corrected chi connectivity index (χ1v) is 11.1. The van der Waals surface area contributed by atoms with Crippen LogP contribution in [0.1, 0.15) is 44.3 Å². The predicted octanol–water partition coefficient (Wildman–Crippen LogP) is 5.37. The van der Waals surface area contributed by atoms with Crippen molar-refractivity contribution >= 4 is 34.5 Å². The van der Waals surface area contributed by atoms with Crippen molar-refractivity contribution in [1.82, 2.24) is 14.6 Å². The first-order chi connectivity index (χ1) is 14.1. The fraction of sp³-hybridized carbons (Fsp3) is 0.455. The van der Waals surface area contributed by atoms with Crippen LogP contribution < -0.4 is 5.32 Å². The molecule has 0 amide bonds. The maximum absolute atomic E-state index is 9.68. The zero-order chi connectivity index (χ0) is 20.0. The average Bonchev–Trinajstić information content (AvgIpc) is 3.44. The van der Waals surface area contributed by atoms with Crippen LogP contribution in [0.4, 0.5) is 5.69 Å². The third kappa shape index (κ3) is 3.96. The summed E-state index contributed by atoms with van der Waals surface area (Å²) >= 11 is 13.3. The van der Waals surface area contributed by atoms with Crippen molar-refractivity contribution in [3.05, 3.63) is 46.3 Å². The number of aromatic nitrogens is 3. The zero-order valence-corrected chi connectivity index (χ0v) is 17.6. The summed E-state index contributed by atoms with van der Waals surface area (Å²) in [6.07, 6.45) is 8.94. The van der Waals surface area contributed by atoms with Crippen LogP contribution in [0, 0.1) is 5.92 Å². The molecule has 2 aliphatic rings. The highest BCUT2D eigenvalue weighted by molar-refractivity contribution is 6.36. The van der Waals surface area contributed by atoms with Gasteiger partial charge in [0.15, 0.2) is 5.65 Å². The quantitative estimate of drug-likeness (QED) is 0.570. The lowest BCUT2D eigenvalue weighted by molar-refractivity contribution is 0.126. The number of nitrogens with one attached hydrogen (secondary N) is 1. The number of anilines is 1. The molecule has 0 bridgehead atoms. The summed E-state index contributed by atoms with van der Waals surface area (Å²) in [5.74, 6) is 1.72. The van der Waals surface area contributed by atoms with Crippen molar-refractivity contribution < 1.29 is 5.11 Å². The fourth-order valence-electron chi connectivity index (χ4n) is 4.15. The Balaban J connectivity index is 1.39. The Morgan fingerprint density at radius 1 is 1.03 bits per heavy atom. The van der Waals surface area contributed by atoms with E-state index in [1.165, 1.54) is 12.8 Å². The smallest absolute Gasteiger partial charge is 0.180 e. The van der Waals surface area contributed by atoms with Gasteiger partial charge in [-0.15, -0.1) is 10.2 Å². The van der Waals surface area contributed by atoms with Gasteiger partial charge in [0.05, 0.1) is 21.8 Å². The molecule has 0 unspecified atom stereocenters. The van der Waals surface area contributed by atoms with E-state index in [1.54, 1.807) is 0 Å². The molecule has 2 fully saturated rings. The third-order valence-electron chi connectivity index (χ3n) is 6.09. The molecule has 0 spiro atoms. The van der Waals surface area contributed by atoms with Crippen LogP contribution in [0.2, 0.25) is 10.0 Å². The van der Waals surface area contributed by atoms with Crippen LogP contribution in [-0.4, -0.2) is 31.9 Å². The second kappa shape index (κ2) is 7.78. The van der Waals surface area contributed by atoms with Crippen LogP contribution in [0.15, 0.2) is 30.5 Å². The summed E-state index contributed by atoms with van der Waals surface area (Å²) < 4.78 is 2.00. The van der Waals surface area contributed by atoms with Gasteiger partial charge in [-0.2, -0.15) is 0 Å². The molecule has 29 heavy (non-hydrogen) atoms. The van der Waals surface area contributed by atoms with E-state index in [0.717, 1.165) is 60.7 Å². The molecule has 2 aromatic heterocycles. The van der Waals surface area contributed by atoms with Crippen molar-refractivity contribution in [2.45, 2.75) is 57.1 Å². The molecule has 2 heterocycles. The Hall–Kier alpha value is -1.82. The highest BCUT2D eigenvalue weighted by Crippen LogP contribution is 2.37.